The molecule has 0 amide bonds. The molecule has 0 aromatic heterocycles. The Balaban J connectivity index is 1.49. The molecular formula is C22H22O. The Labute approximate surface area is 138 Å². The third-order valence-corrected chi connectivity index (χ3v) is 4.46. The van der Waals surface area contributed by atoms with Crippen molar-refractivity contribution in [1.82, 2.24) is 0 Å². The summed E-state index contributed by atoms with van der Waals surface area (Å²) in [6, 6.07) is 18.6. The molecule has 0 heterocycles. The zero-order valence-electron chi connectivity index (χ0n) is 13.6. The Hall–Kier alpha value is -2.41. The molecule has 0 saturated carbocycles. The van der Waals surface area contributed by atoms with Crippen LogP contribution >= 0.6 is 0 Å². The van der Waals surface area contributed by atoms with Gasteiger partial charge >= 0.3 is 0 Å². The van der Waals surface area contributed by atoms with E-state index < -0.39 is 0 Å². The zero-order valence-corrected chi connectivity index (χ0v) is 13.6. The minimum atomic E-state index is 0.327. The maximum atomic E-state index is 12.2. The highest BCUT2D eigenvalue weighted by Crippen LogP contribution is 2.30. The monoisotopic (exact) mass is 302 g/mol. The van der Waals surface area contributed by atoms with Gasteiger partial charge in [0.05, 0.1) is 0 Å². The molecule has 0 saturated heterocycles. The van der Waals surface area contributed by atoms with Gasteiger partial charge in [0.15, 0.2) is 0 Å². The standard InChI is InChI=1S/C22H22O/c1-17-7-5-6-10-20(17)16-22(23)14-12-18-11-13-21(15-18)19-8-3-2-4-9-19/h2-11,13H,12,14-16H2,1H3. The first-order valence-electron chi connectivity index (χ1n) is 8.22. The van der Waals surface area contributed by atoms with Crippen molar-refractivity contribution in [2.75, 3.05) is 0 Å². The SMILES string of the molecule is Cc1ccccc1CC(=O)CCC1=CC=C(c2ccccc2)C1. The number of Topliss-reactive ketones (excluding diaryl/α,β-unsaturated/α-hetero) is 1. The Bertz CT molecular complexity index is 751. The van der Waals surface area contributed by atoms with Gasteiger partial charge < -0.3 is 0 Å². The highest BCUT2D eigenvalue weighted by molar-refractivity contribution is 5.81. The quantitative estimate of drug-likeness (QED) is 0.707. The summed E-state index contributed by atoms with van der Waals surface area (Å²) in [6.45, 7) is 2.07. The highest BCUT2D eigenvalue weighted by atomic mass is 16.1. The van der Waals surface area contributed by atoms with E-state index in [0.717, 1.165) is 18.4 Å². The average Bonchev–Trinajstić information content (AvgIpc) is 3.05. The van der Waals surface area contributed by atoms with Crippen molar-refractivity contribution >= 4 is 11.4 Å². The molecule has 116 valence electrons. The van der Waals surface area contributed by atoms with Crippen molar-refractivity contribution in [2.24, 2.45) is 0 Å². The summed E-state index contributed by atoms with van der Waals surface area (Å²) in [5.41, 5.74) is 6.36. The number of carbonyl (C=O) groups is 1. The summed E-state index contributed by atoms with van der Waals surface area (Å²) in [7, 11) is 0. The zero-order chi connectivity index (χ0) is 16.1. The highest BCUT2D eigenvalue weighted by Gasteiger charge is 2.12. The molecule has 0 aliphatic heterocycles. The molecule has 3 rings (SSSR count). The van der Waals surface area contributed by atoms with E-state index in [1.54, 1.807) is 0 Å². The largest absolute Gasteiger partial charge is 0.299 e. The molecule has 23 heavy (non-hydrogen) atoms. The van der Waals surface area contributed by atoms with Crippen LogP contribution in [0.5, 0.6) is 0 Å². The van der Waals surface area contributed by atoms with Crippen LogP contribution in [0, 0.1) is 6.92 Å². The van der Waals surface area contributed by atoms with Crippen molar-refractivity contribution in [1.29, 1.82) is 0 Å². The summed E-state index contributed by atoms with van der Waals surface area (Å²) in [5.74, 6) is 0.327. The number of carbonyl (C=O) groups excluding carboxylic acids is 1. The average molecular weight is 302 g/mol. The molecule has 0 bridgehead atoms. The lowest BCUT2D eigenvalue weighted by Gasteiger charge is -2.07. The topological polar surface area (TPSA) is 17.1 Å². The predicted molar refractivity (Wildman–Crippen MR) is 96.2 cm³/mol. The van der Waals surface area contributed by atoms with E-state index in [1.807, 2.05) is 18.2 Å². The van der Waals surface area contributed by atoms with Crippen LogP contribution in [-0.4, -0.2) is 5.78 Å². The fourth-order valence-corrected chi connectivity index (χ4v) is 3.01. The van der Waals surface area contributed by atoms with Crippen molar-refractivity contribution in [3.63, 3.8) is 0 Å². The lowest BCUT2D eigenvalue weighted by molar-refractivity contribution is -0.118. The number of allylic oxidation sites excluding steroid dienone is 4. The smallest absolute Gasteiger partial charge is 0.137 e. The van der Waals surface area contributed by atoms with Crippen LogP contribution in [0.15, 0.2) is 72.3 Å². The van der Waals surface area contributed by atoms with Crippen LogP contribution < -0.4 is 0 Å². The fraction of sp³-hybridized carbons (Fsp3) is 0.227. The molecule has 0 fully saturated rings. The van der Waals surface area contributed by atoms with Crippen LogP contribution in [-0.2, 0) is 11.2 Å². The predicted octanol–water partition coefficient (Wildman–Crippen LogP) is 5.30. The molecule has 0 N–H and O–H groups in total. The van der Waals surface area contributed by atoms with E-state index >= 15 is 0 Å². The van der Waals surface area contributed by atoms with Gasteiger partial charge in [-0.3, -0.25) is 4.79 Å². The molecule has 0 radical (unpaired) electrons. The second kappa shape index (κ2) is 7.23. The second-order valence-corrected chi connectivity index (χ2v) is 6.20. The normalized spacial score (nSPS) is 13.6. The molecule has 0 unspecified atom stereocenters. The lowest BCUT2D eigenvalue weighted by atomic mass is 9.97. The minimum Gasteiger partial charge on any atom is -0.299 e. The van der Waals surface area contributed by atoms with Crippen LogP contribution in [0.3, 0.4) is 0 Å². The minimum absolute atomic E-state index is 0.327. The van der Waals surface area contributed by atoms with Gasteiger partial charge in [-0.05, 0) is 42.0 Å². The summed E-state index contributed by atoms with van der Waals surface area (Å²) in [6.07, 6.45) is 7.41. The Morgan fingerprint density at radius 1 is 0.957 bits per heavy atom. The van der Waals surface area contributed by atoms with Gasteiger partial charge in [0, 0.05) is 12.8 Å². The van der Waals surface area contributed by atoms with Crippen LogP contribution in [0.2, 0.25) is 0 Å². The second-order valence-electron chi connectivity index (χ2n) is 6.20. The van der Waals surface area contributed by atoms with Gasteiger partial charge in [-0.1, -0.05) is 72.3 Å². The first kappa shape index (κ1) is 15.5. The number of rotatable bonds is 6. The maximum Gasteiger partial charge on any atom is 0.137 e. The van der Waals surface area contributed by atoms with E-state index in [9.17, 15) is 4.79 Å². The van der Waals surface area contributed by atoms with E-state index in [4.69, 9.17) is 0 Å². The Morgan fingerprint density at radius 2 is 1.70 bits per heavy atom. The first-order chi connectivity index (χ1) is 11.2. The Morgan fingerprint density at radius 3 is 2.48 bits per heavy atom. The van der Waals surface area contributed by atoms with Crippen LogP contribution in [0.25, 0.3) is 5.57 Å². The lowest BCUT2D eigenvalue weighted by Crippen LogP contribution is -2.04. The van der Waals surface area contributed by atoms with Gasteiger partial charge in [0.1, 0.15) is 5.78 Å². The molecule has 2 aromatic carbocycles. The van der Waals surface area contributed by atoms with E-state index in [2.05, 4.69) is 55.5 Å². The number of hydrogen-bond acceptors (Lipinski definition) is 1. The summed E-state index contributed by atoms with van der Waals surface area (Å²) in [5, 5.41) is 0. The molecule has 1 heteroatoms. The van der Waals surface area contributed by atoms with E-state index in [1.165, 1.54) is 22.3 Å². The van der Waals surface area contributed by atoms with Crippen molar-refractivity contribution in [3.8, 4) is 0 Å². The fourth-order valence-electron chi connectivity index (χ4n) is 3.01. The Kier molecular flexibility index (Phi) is 4.87. The number of aryl methyl sites for hydroxylation is 1. The van der Waals surface area contributed by atoms with Gasteiger partial charge in [0.2, 0.25) is 0 Å². The van der Waals surface area contributed by atoms with Crippen molar-refractivity contribution < 1.29 is 4.79 Å². The maximum absolute atomic E-state index is 12.2. The van der Waals surface area contributed by atoms with Gasteiger partial charge in [-0.25, -0.2) is 0 Å². The van der Waals surface area contributed by atoms with E-state index in [-0.39, 0.29) is 0 Å². The van der Waals surface area contributed by atoms with E-state index in [0.29, 0.717) is 18.6 Å². The molecule has 1 aliphatic carbocycles. The van der Waals surface area contributed by atoms with Gasteiger partial charge in [-0.2, -0.15) is 0 Å². The van der Waals surface area contributed by atoms with Gasteiger partial charge in [0.25, 0.3) is 0 Å². The van der Waals surface area contributed by atoms with Crippen LogP contribution in [0.4, 0.5) is 0 Å². The van der Waals surface area contributed by atoms with Crippen LogP contribution in [0.1, 0.15) is 36.0 Å². The molecule has 2 aromatic rings. The van der Waals surface area contributed by atoms with Crippen molar-refractivity contribution in [2.45, 2.75) is 32.6 Å². The summed E-state index contributed by atoms with van der Waals surface area (Å²) >= 11 is 0. The molecule has 1 nitrogen and oxygen atoms in total. The first-order valence-corrected chi connectivity index (χ1v) is 8.22. The third kappa shape index (κ3) is 4.07. The number of ketones is 1. The number of benzene rings is 2. The summed E-state index contributed by atoms with van der Waals surface area (Å²) < 4.78 is 0. The van der Waals surface area contributed by atoms with Crippen molar-refractivity contribution in [3.05, 3.63) is 89.0 Å². The molecule has 0 atom stereocenters. The summed E-state index contributed by atoms with van der Waals surface area (Å²) in [4.78, 5) is 12.2. The third-order valence-electron chi connectivity index (χ3n) is 4.46. The molecular weight excluding hydrogens is 280 g/mol. The van der Waals surface area contributed by atoms with Gasteiger partial charge in [-0.15, -0.1) is 0 Å². The molecule has 1 aliphatic rings. The number of hydrogen-bond donors (Lipinski definition) is 0. The molecule has 0 spiro atoms.